The van der Waals surface area contributed by atoms with Gasteiger partial charge in [-0.15, -0.1) is 0 Å². The van der Waals surface area contributed by atoms with Crippen LogP contribution in [0.2, 0.25) is 0 Å². The third-order valence-corrected chi connectivity index (χ3v) is 5.57. The van der Waals surface area contributed by atoms with Crippen molar-refractivity contribution in [3.05, 3.63) is 78.6 Å². The molecule has 33 heavy (non-hydrogen) atoms. The highest BCUT2D eigenvalue weighted by Crippen LogP contribution is 2.40. The van der Waals surface area contributed by atoms with Crippen molar-refractivity contribution in [1.29, 1.82) is 0 Å². The summed E-state index contributed by atoms with van der Waals surface area (Å²) in [6.45, 7) is 0.661. The number of phenolic OH excluding ortho intramolecular Hbond substituents is 1. The standard InChI is InChI=1S/C27H27NO5/c1-30-24-11-7-19(13-26(24)32-3)22-16-28(15-18-5-9-21(29)10-6-18)17-23(22)20-8-12-25(31-2)27(14-20)33-4/h5-14,16-17,29H,15H2,1-4H3. The van der Waals surface area contributed by atoms with Gasteiger partial charge in [-0.1, -0.05) is 24.3 Å². The first-order valence-corrected chi connectivity index (χ1v) is 10.5. The van der Waals surface area contributed by atoms with E-state index in [2.05, 4.69) is 17.0 Å². The molecule has 0 unspecified atom stereocenters. The minimum absolute atomic E-state index is 0.253. The predicted octanol–water partition coefficient (Wildman–Crippen LogP) is 5.61. The smallest absolute Gasteiger partial charge is 0.161 e. The van der Waals surface area contributed by atoms with Gasteiger partial charge < -0.3 is 28.6 Å². The molecule has 0 saturated carbocycles. The molecule has 0 aliphatic rings. The van der Waals surface area contributed by atoms with Crippen molar-refractivity contribution >= 4 is 0 Å². The van der Waals surface area contributed by atoms with Crippen molar-refractivity contribution < 1.29 is 24.1 Å². The average Bonchev–Trinajstić information content (AvgIpc) is 3.28. The molecule has 1 N–H and O–H groups in total. The molecule has 1 heterocycles. The number of nitrogens with zero attached hydrogens (tertiary/aromatic N) is 1. The van der Waals surface area contributed by atoms with E-state index in [4.69, 9.17) is 18.9 Å². The fraction of sp³-hybridized carbons (Fsp3) is 0.185. The van der Waals surface area contributed by atoms with Crippen molar-refractivity contribution in [2.45, 2.75) is 6.54 Å². The third kappa shape index (κ3) is 4.60. The summed E-state index contributed by atoms with van der Waals surface area (Å²) < 4.78 is 24.0. The second-order valence-electron chi connectivity index (χ2n) is 7.56. The molecule has 0 atom stereocenters. The summed E-state index contributed by atoms with van der Waals surface area (Å²) in [6, 6.07) is 19.0. The first-order valence-electron chi connectivity index (χ1n) is 10.5. The molecule has 4 rings (SSSR count). The molecule has 0 amide bonds. The Morgan fingerprint density at radius 2 is 1.06 bits per heavy atom. The van der Waals surface area contributed by atoms with Crippen molar-refractivity contribution in [2.24, 2.45) is 0 Å². The van der Waals surface area contributed by atoms with Gasteiger partial charge in [0.2, 0.25) is 0 Å². The summed E-state index contributed by atoms with van der Waals surface area (Å²) in [7, 11) is 6.52. The molecule has 170 valence electrons. The molecule has 6 heteroatoms. The van der Waals surface area contributed by atoms with Gasteiger partial charge in [0.25, 0.3) is 0 Å². The fourth-order valence-electron chi connectivity index (χ4n) is 3.88. The Bertz CT molecular complexity index is 1170. The molecule has 0 aliphatic carbocycles. The quantitative estimate of drug-likeness (QED) is 0.382. The maximum atomic E-state index is 9.60. The predicted molar refractivity (Wildman–Crippen MR) is 129 cm³/mol. The molecule has 4 aromatic rings. The van der Waals surface area contributed by atoms with Gasteiger partial charge in [0, 0.05) is 30.1 Å². The normalized spacial score (nSPS) is 10.7. The number of hydrogen-bond donors (Lipinski definition) is 1. The van der Waals surface area contributed by atoms with Crippen LogP contribution in [0.4, 0.5) is 0 Å². The van der Waals surface area contributed by atoms with Gasteiger partial charge >= 0.3 is 0 Å². The lowest BCUT2D eigenvalue weighted by atomic mass is 9.98. The Hall–Kier alpha value is -4.06. The van der Waals surface area contributed by atoms with Crippen LogP contribution in [-0.4, -0.2) is 38.1 Å². The van der Waals surface area contributed by atoms with E-state index in [1.807, 2.05) is 48.5 Å². The monoisotopic (exact) mass is 445 g/mol. The highest BCUT2D eigenvalue weighted by molar-refractivity contribution is 5.85. The number of benzene rings is 3. The van der Waals surface area contributed by atoms with E-state index >= 15 is 0 Å². The van der Waals surface area contributed by atoms with E-state index in [9.17, 15) is 5.11 Å². The van der Waals surface area contributed by atoms with Gasteiger partial charge in [0.1, 0.15) is 5.75 Å². The first kappa shape index (κ1) is 22.1. The zero-order valence-corrected chi connectivity index (χ0v) is 19.2. The van der Waals surface area contributed by atoms with E-state index < -0.39 is 0 Å². The van der Waals surface area contributed by atoms with E-state index in [-0.39, 0.29) is 5.75 Å². The van der Waals surface area contributed by atoms with Crippen LogP contribution in [0.1, 0.15) is 5.56 Å². The van der Waals surface area contributed by atoms with E-state index in [0.717, 1.165) is 27.8 Å². The van der Waals surface area contributed by atoms with Crippen molar-refractivity contribution in [3.63, 3.8) is 0 Å². The third-order valence-electron chi connectivity index (χ3n) is 5.57. The van der Waals surface area contributed by atoms with Crippen molar-refractivity contribution in [2.75, 3.05) is 28.4 Å². The minimum atomic E-state index is 0.253. The zero-order chi connectivity index (χ0) is 23.4. The summed E-state index contributed by atoms with van der Waals surface area (Å²) in [6.07, 6.45) is 4.22. The maximum Gasteiger partial charge on any atom is 0.161 e. The topological polar surface area (TPSA) is 62.1 Å². The van der Waals surface area contributed by atoms with E-state index in [1.165, 1.54) is 0 Å². The lowest BCUT2D eigenvalue weighted by molar-refractivity contribution is 0.355. The van der Waals surface area contributed by atoms with E-state index in [0.29, 0.717) is 29.5 Å². The van der Waals surface area contributed by atoms with Crippen LogP contribution < -0.4 is 18.9 Å². The van der Waals surface area contributed by atoms with Gasteiger partial charge in [0.15, 0.2) is 23.0 Å². The number of ether oxygens (including phenoxy) is 4. The molecule has 0 fully saturated rings. The largest absolute Gasteiger partial charge is 0.508 e. The molecule has 1 aromatic heterocycles. The highest BCUT2D eigenvalue weighted by Gasteiger charge is 2.16. The second-order valence-corrected chi connectivity index (χ2v) is 7.56. The second kappa shape index (κ2) is 9.61. The molecule has 6 nitrogen and oxygen atoms in total. The number of methoxy groups -OCH3 is 4. The molecule has 0 radical (unpaired) electrons. The lowest BCUT2D eigenvalue weighted by Crippen LogP contribution is -1.95. The number of aromatic hydroxyl groups is 1. The highest BCUT2D eigenvalue weighted by atomic mass is 16.5. The first-order chi connectivity index (χ1) is 16.1. The van der Waals surface area contributed by atoms with Gasteiger partial charge in [0.05, 0.1) is 28.4 Å². The Morgan fingerprint density at radius 1 is 0.606 bits per heavy atom. The van der Waals surface area contributed by atoms with Crippen LogP contribution in [0, 0.1) is 0 Å². The summed E-state index contributed by atoms with van der Waals surface area (Å²) in [5.74, 6) is 2.94. The van der Waals surface area contributed by atoms with Crippen LogP contribution in [0.5, 0.6) is 28.7 Å². The summed E-state index contributed by atoms with van der Waals surface area (Å²) in [5, 5.41) is 9.60. The number of aromatic nitrogens is 1. The van der Waals surface area contributed by atoms with E-state index in [1.54, 1.807) is 40.6 Å². The molecule has 3 aromatic carbocycles. The molecule has 0 aliphatic heterocycles. The van der Waals surface area contributed by atoms with Crippen molar-refractivity contribution in [1.82, 2.24) is 4.57 Å². The van der Waals surface area contributed by atoms with Crippen LogP contribution in [0.3, 0.4) is 0 Å². The Labute approximate surface area is 193 Å². The molecular weight excluding hydrogens is 418 g/mol. The number of phenols is 1. The Kier molecular flexibility index (Phi) is 6.45. The molecular formula is C27H27NO5. The lowest BCUT2D eigenvalue weighted by Gasteiger charge is -2.12. The SMILES string of the molecule is COc1ccc(-c2cn(Cc3ccc(O)cc3)cc2-c2ccc(OC)c(OC)c2)cc1OC. The van der Waals surface area contributed by atoms with Crippen LogP contribution in [-0.2, 0) is 6.54 Å². The summed E-state index contributed by atoms with van der Waals surface area (Å²) in [4.78, 5) is 0. The Balaban J connectivity index is 1.83. The van der Waals surface area contributed by atoms with Crippen LogP contribution in [0.25, 0.3) is 22.3 Å². The van der Waals surface area contributed by atoms with Gasteiger partial charge in [-0.2, -0.15) is 0 Å². The Morgan fingerprint density at radius 3 is 1.48 bits per heavy atom. The van der Waals surface area contributed by atoms with Gasteiger partial charge in [-0.05, 0) is 53.1 Å². The van der Waals surface area contributed by atoms with Crippen LogP contribution in [0.15, 0.2) is 73.1 Å². The zero-order valence-electron chi connectivity index (χ0n) is 19.2. The minimum Gasteiger partial charge on any atom is -0.508 e. The number of hydrogen-bond acceptors (Lipinski definition) is 5. The average molecular weight is 446 g/mol. The van der Waals surface area contributed by atoms with Gasteiger partial charge in [-0.25, -0.2) is 0 Å². The fourth-order valence-corrected chi connectivity index (χ4v) is 3.88. The number of rotatable bonds is 8. The maximum absolute atomic E-state index is 9.60. The molecule has 0 spiro atoms. The summed E-state index contributed by atoms with van der Waals surface area (Å²) >= 11 is 0. The van der Waals surface area contributed by atoms with Crippen molar-refractivity contribution in [3.8, 4) is 51.0 Å². The van der Waals surface area contributed by atoms with Gasteiger partial charge in [-0.3, -0.25) is 0 Å². The molecule has 0 saturated heterocycles. The van der Waals surface area contributed by atoms with Crippen LogP contribution >= 0.6 is 0 Å². The molecule has 0 bridgehead atoms. The summed E-state index contributed by atoms with van der Waals surface area (Å²) in [5.41, 5.74) is 5.17.